The lowest BCUT2D eigenvalue weighted by molar-refractivity contribution is -0.126. The van der Waals surface area contributed by atoms with Crippen LogP contribution in [0.2, 0.25) is 0 Å². The van der Waals surface area contributed by atoms with Crippen LogP contribution in [-0.4, -0.2) is 18.1 Å². The van der Waals surface area contributed by atoms with E-state index in [9.17, 15) is 9.59 Å². The van der Waals surface area contributed by atoms with E-state index in [2.05, 4.69) is 0 Å². The maximum absolute atomic E-state index is 11.1. The van der Waals surface area contributed by atoms with Crippen molar-refractivity contribution in [2.75, 3.05) is 6.54 Å². The minimum absolute atomic E-state index is 0.0299. The van der Waals surface area contributed by atoms with E-state index in [1.54, 1.807) is 0 Å². The summed E-state index contributed by atoms with van der Waals surface area (Å²) in [6.07, 6.45) is 6.35. The van der Waals surface area contributed by atoms with Gasteiger partial charge in [0.1, 0.15) is 0 Å². The molecule has 1 aliphatic carbocycles. The number of unbranched alkanes of at least 4 members (excludes halogenated alkanes) is 2. The summed E-state index contributed by atoms with van der Waals surface area (Å²) in [6.45, 7) is 0.685. The number of carbonyl (C=O) groups is 2. The fourth-order valence-corrected chi connectivity index (χ4v) is 1.49. The number of nitrogens with two attached hydrogens (primary N) is 1. The van der Waals surface area contributed by atoms with Crippen LogP contribution < -0.4 is 5.73 Å². The normalized spacial score (nSPS) is 17.3. The van der Waals surface area contributed by atoms with E-state index in [0.29, 0.717) is 13.0 Å². The van der Waals surface area contributed by atoms with Gasteiger partial charge < -0.3 is 5.73 Å². The highest BCUT2D eigenvalue weighted by Gasteiger charge is 2.26. The first kappa shape index (κ1) is 10.1. The number of allylic oxidation sites excluding steroid dienone is 2. The van der Waals surface area contributed by atoms with Crippen LogP contribution in [0, 0.1) is 5.92 Å². The molecule has 0 spiro atoms. The first-order chi connectivity index (χ1) is 6.25. The Bertz CT molecular complexity index is 215. The smallest absolute Gasteiger partial charge is 0.166 e. The van der Waals surface area contributed by atoms with Crippen LogP contribution in [0.4, 0.5) is 0 Å². The zero-order valence-electron chi connectivity index (χ0n) is 7.66. The van der Waals surface area contributed by atoms with Crippen molar-refractivity contribution in [2.45, 2.75) is 25.7 Å². The SMILES string of the molecule is NCCCCCC1C(=O)C=CC1=O. The Balaban J connectivity index is 2.22. The molecule has 0 bridgehead atoms. The summed E-state index contributed by atoms with van der Waals surface area (Å²) in [7, 11) is 0. The highest BCUT2D eigenvalue weighted by molar-refractivity contribution is 6.18. The zero-order chi connectivity index (χ0) is 9.68. The van der Waals surface area contributed by atoms with Gasteiger partial charge in [0.05, 0.1) is 5.92 Å². The molecule has 0 saturated carbocycles. The zero-order valence-corrected chi connectivity index (χ0v) is 7.66. The van der Waals surface area contributed by atoms with Crippen LogP contribution in [0.1, 0.15) is 25.7 Å². The van der Waals surface area contributed by atoms with E-state index in [1.165, 1.54) is 12.2 Å². The number of hydrogen-bond acceptors (Lipinski definition) is 3. The molecule has 0 unspecified atom stereocenters. The summed E-state index contributed by atoms with van der Waals surface area (Å²) in [5.41, 5.74) is 5.33. The molecule has 0 amide bonds. The van der Waals surface area contributed by atoms with Gasteiger partial charge in [0, 0.05) is 0 Å². The second-order valence-electron chi connectivity index (χ2n) is 3.33. The van der Waals surface area contributed by atoms with Gasteiger partial charge in [0.2, 0.25) is 0 Å². The van der Waals surface area contributed by atoms with Crippen molar-refractivity contribution in [3.8, 4) is 0 Å². The van der Waals surface area contributed by atoms with E-state index in [0.717, 1.165) is 19.3 Å². The van der Waals surface area contributed by atoms with E-state index < -0.39 is 0 Å². The molecule has 0 radical (unpaired) electrons. The van der Waals surface area contributed by atoms with Crippen molar-refractivity contribution in [3.05, 3.63) is 12.2 Å². The van der Waals surface area contributed by atoms with Crippen molar-refractivity contribution in [2.24, 2.45) is 11.7 Å². The van der Waals surface area contributed by atoms with Crippen LogP contribution in [0.3, 0.4) is 0 Å². The van der Waals surface area contributed by atoms with Gasteiger partial charge in [-0.3, -0.25) is 9.59 Å². The van der Waals surface area contributed by atoms with Crippen molar-refractivity contribution >= 4 is 11.6 Å². The highest BCUT2D eigenvalue weighted by atomic mass is 16.2. The van der Waals surface area contributed by atoms with E-state index in [-0.39, 0.29) is 17.5 Å². The van der Waals surface area contributed by atoms with E-state index in [4.69, 9.17) is 5.73 Å². The summed E-state index contributed by atoms with van der Waals surface area (Å²) in [5.74, 6) is -0.437. The average Bonchev–Trinajstić information content (AvgIpc) is 2.42. The summed E-state index contributed by atoms with van der Waals surface area (Å²) < 4.78 is 0. The van der Waals surface area contributed by atoms with Gasteiger partial charge in [-0.05, 0) is 31.5 Å². The van der Waals surface area contributed by atoms with Gasteiger partial charge >= 0.3 is 0 Å². The van der Waals surface area contributed by atoms with Crippen molar-refractivity contribution in [3.63, 3.8) is 0 Å². The minimum atomic E-state index is -0.377. The molecule has 0 aromatic carbocycles. The Hall–Kier alpha value is -0.960. The second-order valence-corrected chi connectivity index (χ2v) is 3.33. The molecule has 3 heteroatoms. The van der Waals surface area contributed by atoms with Crippen molar-refractivity contribution in [1.82, 2.24) is 0 Å². The maximum Gasteiger partial charge on any atom is 0.166 e. The summed E-state index contributed by atoms with van der Waals surface area (Å²) in [5, 5.41) is 0. The van der Waals surface area contributed by atoms with Crippen LogP contribution in [0.15, 0.2) is 12.2 Å². The van der Waals surface area contributed by atoms with Gasteiger partial charge in [-0.2, -0.15) is 0 Å². The van der Waals surface area contributed by atoms with Gasteiger partial charge in [0.15, 0.2) is 11.6 Å². The molecule has 0 heterocycles. The Morgan fingerprint density at radius 2 is 1.69 bits per heavy atom. The molecule has 1 aliphatic rings. The Morgan fingerprint density at radius 3 is 2.23 bits per heavy atom. The molecular formula is C10H15NO2. The van der Waals surface area contributed by atoms with Crippen LogP contribution >= 0.6 is 0 Å². The predicted molar refractivity (Wildman–Crippen MR) is 50.2 cm³/mol. The number of ketones is 2. The lowest BCUT2D eigenvalue weighted by Gasteiger charge is -2.05. The lowest BCUT2D eigenvalue weighted by Crippen LogP contribution is -2.15. The van der Waals surface area contributed by atoms with Crippen LogP contribution in [0.5, 0.6) is 0 Å². The number of carbonyl (C=O) groups excluding carboxylic acids is 2. The summed E-state index contributed by atoms with van der Waals surface area (Å²) in [6, 6.07) is 0. The minimum Gasteiger partial charge on any atom is -0.330 e. The first-order valence-corrected chi connectivity index (χ1v) is 4.71. The predicted octanol–water partition coefficient (Wildman–Crippen LogP) is 0.830. The van der Waals surface area contributed by atoms with Crippen LogP contribution in [-0.2, 0) is 9.59 Å². The standard InChI is InChI=1S/C10H15NO2/c11-7-3-1-2-4-8-9(12)5-6-10(8)13/h5-6,8H,1-4,7,11H2. The molecule has 13 heavy (non-hydrogen) atoms. The maximum atomic E-state index is 11.1. The Kier molecular flexibility index (Phi) is 3.83. The van der Waals surface area contributed by atoms with E-state index >= 15 is 0 Å². The van der Waals surface area contributed by atoms with Crippen molar-refractivity contribution in [1.29, 1.82) is 0 Å². The quantitative estimate of drug-likeness (QED) is 0.505. The monoisotopic (exact) mass is 181 g/mol. The molecule has 0 atom stereocenters. The van der Waals surface area contributed by atoms with Crippen molar-refractivity contribution < 1.29 is 9.59 Å². The molecule has 0 aliphatic heterocycles. The molecule has 0 fully saturated rings. The topological polar surface area (TPSA) is 60.2 Å². The molecule has 72 valence electrons. The number of hydrogen-bond donors (Lipinski definition) is 1. The molecular weight excluding hydrogens is 166 g/mol. The molecule has 0 aromatic heterocycles. The van der Waals surface area contributed by atoms with Gasteiger partial charge in [0.25, 0.3) is 0 Å². The Morgan fingerprint density at radius 1 is 1.08 bits per heavy atom. The second kappa shape index (κ2) is 4.92. The third kappa shape index (κ3) is 2.77. The molecule has 2 N–H and O–H groups in total. The lowest BCUT2D eigenvalue weighted by atomic mass is 9.97. The molecule has 3 nitrogen and oxygen atoms in total. The van der Waals surface area contributed by atoms with Gasteiger partial charge in [-0.15, -0.1) is 0 Å². The Labute approximate surface area is 78.0 Å². The average molecular weight is 181 g/mol. The molecule has 0 saturated heterocycles. The fraction of sp³-hybridized carbons (Fsp3) is 0.600. The van der Waals surface area contributed by atoms with Gasteiger partial charge in [-0.25, -0.2) is 0 Å². The first-order valence-electron chi connectivity index (χ1n) is 4.71. The summed E-state index contributed by atoms with van der Waals surface area (Å²) in [4.78, 5) is 22.2. The van der Waals surface area contributed by atoms with Gasteiger partial charge in [-0.1, -0.05) is 12.8 Å². The highest BCUT2D eigenvalue weighted by Crippen LogP contribution is 2.17. The molecule has 0 aromatic rings. The largest absolute Gasteiger partial charge is 0.330 e. The number of rotatable bonds is 5. The molecule has 1 rings (SSSR count). The van der Waals surface area contributed by atoms with E-state index in [1.807, 2.05) is 0 Å². The third-order valence-electron chi connectivity index (χ3n) is 2.30. The van der Waals surface area contributed by atoms with Crippen LogP contribution in [0.25, 0.3) is 0 Å². The third-order valence-corrected chi connectivity index (χ3v) is 2.30. The summed E-state index contributed by atoms with van der Waals surface area (Å²) >= 11 is 0. The fourth-order valence-electron chi connectivity index (χ4n) is 1.49.